The van der Waals surface area contributed by atoms with Crippen molar-refractivity contribution in [3.05, 3.63) is 42.0 Å². The molecule has 0 bridgehead atoms. The molecule has 1 N–H and O–H groups in total. The van der Waals surface area contributed by atoms with Crippen molar-refractivity contribution in [3.63, 3.8) is 0 Å². The Morgan fingerprint density at radius 1 is 1.46 bits per heavy atom. The molecule has 0 aliphatic rings. The van der Waals surface area contributed by atoms with Crippen LogP contribution in [0.3, 0.4) is 0 Å². The topological polar surface area (TPSA) is 12.0 Å². The van der Waals surface area contributed by atoms with E-state index in [1.807, 2.05) is 0 Å². The van der Waals surface area contributed by atoms with E-state index in [1.165, 1.54) is 12.1 Å². The van der Waals surface area contributed by atoms with Crippen LogP contribution in [0, 0.1) is 18.6 Å². The molecule has 70 valence electrons. The average Bonchev–Trinajstić information content (AvgIpc) is 2.12. The molecule has 0 aromatic heterocycles. The third-order valence-electron chi connectivity index (χ3n) is 1.71. The van der Waals surface area contributed by atoms with Gasteiger partial charge in [0.15, 0.2) is 5.82 Å². The highest BCUT2D eigenvalue weighted by molar-refractivity contribution is 5.49. The van der Waals surface area contributed by atoms with Crippen molar-refractivity contribution in [2.75, 3.05) is 11.9 Å². The molecule has 13 heavy (non-hydrogen) atoms. The number of hydrogen-bond donors (Lipinski definition) is 1. The molecule has 0 heterocycles. The van der Waals surface area contributed by atoms with Crippen LogP contribution in [0.4, 0.5) is 14.5 Å². The van der Waals surface area contributed by atoms with E-state index in [4.69, 9.17) is 0 Å². The van der Waals surface area contributed by atoms with Gasteiger partial charge in [-0.1, -0.05) is 12.1 Å². The summed E-state index contributed by atoms with van der Waals surface area (Å²) >= 11 is 0. The Labute approximate surface area is 76.1 Å². The molecule has 0 saturated heterocycles. The average molecular weight is 183 g/mol. The van der Waals surface area contributed by atoms with Crippen LogP contribution in [0.1, 0.15) is 5.56 Å². The van der Waals surface area contributed by atoms with Gasteiger partial charge in [0.05, 0.1) is 0 Å². The lowest BCUT2D eigenvalue weighted by Gasteiger charge is -2.07. The third-order valence-corrected chi connectivity index (χ3v) is 1.71. The van der Waals surface area contributed by atoms with Crippen LogP contribution in [0.25, 0.3) is 0 Å². The predicted molar refractivity (Wildman–Crippen MR) is 49.8 cm³/mol. The molecule has 1 nitrogen and oxygen atoms in total. The largest absolute Gasteiger partial charge is 0.377 e. The minimum absolute atomic E-state index is 0.0834. The van der Waals surface area contributed by atoms with Gasteiger partial charge in [-0.2, -0.15) is 0 Å². The van der Waals surface area contributed by atoms with Crippen LogP contribution in [-0.2, 0) is 0 Å². The summed E-state index contributed by atoms with van der Waals surface area (Å²) in [6.07, 6.45) is 1.54. The van der Waals surface area contributed by atoms with Crippen LogP contribution < -0.4 is 5.32 Å². The highest BCUT2D eigenvalue weighted by Gasteiger charge is 2.09. The normalized spacial score (nSPS) is 9.77. The zero-order valence-corrected chi connectivity index (χ0v) is 7.40. The van der Waals surface area contributed by atoms with Gasteiger partial charge in [-0.25, -0.2) is 8.78 Å². The quantitative estimate of drug-likeness (QED) is 0.710. The van der Waals surface area contributed by atoms with Gasteiger partial charge in [0, 0.05) is 6.54 Å². The van der Waals surface area contributed by atoms with Gasteiger partial charge in [-0.15, -0.1) is 6.58 Å². The first-order chi connectivity index (χ1) is 6.16. The number of aryl methyl sites for hydroxylation is 1. The van der Waals surface area contributed by atoms with Crippen molar-refractivity contribution in [3.8, 4) is 0 Å². The maximum atomic E-state index is 13.2. The van der Waals surface area contributed by atoms with Gasteiger partial charge < -0.3 is 5.32 Å². The Morgan fingerprint density at radius 2 is 2.15 bits per heavy atom. The SMILES string of the molecule is C=CCNc1c(F)ccc(C)c1F. The molecule has 0 radical (unpaired) electrons. The van der Waals surface area contributed by atoms with Crippen molar-refractivity contribution in [2.24, 2.45) is 0 Å². The van der Waals surface area contributed by atoms with Gasteiger partial charge >= 0.3 is 0 Å². The lowest BCUT2D eigenvalue weighted by Crippen LogP contribution is -2.04. The van der Waals surface area contributed by atoms with E-state index in [-0.39, 0.29) is 5.69 Å². The maximum absolute atomic E-state index is 13.2. The molecule has 0 saturated carbocycles. The molecule has 1 aromatic carbocycles. The molecule has 3 heteroatoms. The minimum Gasteiger partial charge on any atom is -0.377 e. The molecule has 0 atom stereocenters. The summed E-state index contributed by atoms with van der Waals surface area (Å²) in [5.74, 6) is -1.12. The molecule has 1 rings (SSSR count). The summed E-state index contributed by atoms with van der Waals surface area (Å²) in [6.45, 7) is 5.39. The Hall–Kier alpha value is -1.38. The van der Waals surface area contributed by atoms with Crippen molar-refractivity contribution < 1.29 is 8.78 Å². The van der Waals surface area contributed by atoms with Crippen LogP contribution in [0.15, 0.2) is 24.8 Å². The second-order valence-electron chi connectivity index (χ2n) is 2.72. The summed E-state index contributed by atoms with van der Waals surface area (Å²) in [5, 5.41) is 2.60. The molecule has 1 aromatic rings. The monoisotopic (exact) mass is 183 g/mol. The molecule has 0 unspecified atom stereocenters. The molecule has 0 aliphatic carbocycles. The van der Waals surface area contributed by atoms with Gasteiger partial charge in [-0.3, -0.25) is 0 Å². The van der Waals surface area contributed by atoms with Crippen LogP contribution >= 0.6 is 0 Å². The zero-order valence-electron chi connectivity index (χ0n) is 7.40. The van der Waals surface area contributed by atoms with Gasteiger partial charge in [0.1, 0.15) is 11.5 Å². The van der Waals surface area contributed by atoms with E-state index in [1.54, 1.807) is 13.0 Å². The van der Waals surface area contributed by atoms with E-state index >= 15 is 0 Å². The van der Waals surface area contributed by atoms with Crippen molar-refractivity contribution >= 4 is 5.69 Å². The first-order valence-electron chi connectivity index (χ1n) is 3.96. The van der Waals surface area contributed by atoms with Crippen molar-refractivity contribution in [1.82, 2.24) is 0 Å². The number of hydrogen-bond acceptors (Lipinski definition) is 1. The van der Waals surface area contributed by atoms with Crippen molar-refractivity contribution in [2.45, 2.75) is 6.92 Å². The number of benzene rings is 1. The van der Waals surface area contributed by atoms with Gasteiger partial charge in [0.25, 0.3) is 0 Å². The Kier molecular flexibility index (Phi) is 3.01. The third kappa shape index (κ3) is 2.05. The minimum atomic E-state index is -0.579. The highest BCUT2D eigenvalue weighted by Crippen LogP contribution is 2.21. The summed E-state index contributed by atoms with van der Waals surface area (Å²) in [4.78, 5) is 0. The van der Waals surface area contributed by atoms with Crippen molar-refractivity contribution in [1.29, 1.82) is 0 Å². The van der Waals surface area contributed by atoms with E-state index in [0.29, 0.717) is 12.1 Å². The van der Waals surface area contributed by atoms with E-state index in [0.717, 1.165) is 0 Å². The Balaban J connectivity index is 3.02. The lowest BCUT2D eigenvalue weighted by molar-refractivity contribution is 0.583. The standard InChI is InChI=1S/C10H11F2N/c1-3-6-13-10-8(11)5-4-7(2)9(10)12/h3-5,13H,1,6H2,2H3. The lowest BCUT2D eigenvalue weighted by atomic mass is 10.2. The second-order valence-corrected chi connectivity index (χ2v) is 2.72. The maximum Gasteiger partial charge on any atom is 0.152 e. The highest BCUT2D eigenvalue weighted by atomic mass is 19.1. The summed E-state index contributed by atoms with van der Waals surface area (Å²) in [6, 6.07) is 2.65. The molecule has 0 spiro atoms. The number of halogens is 2. The fraction of sp³-hybridized carbons (Fsp3) is 0.200. The summed E-state index contributed by atoms with van der Waals surface area (Å²) in [5.41, 5.74) is 0.341. The van der Waals surface area contributed by atoms with E-state index < -0.39 is 11.6 Å². The first kappa shape index (κ1) is 9.71. The number of nitrogens with one attached hydrogen (secondary N) is 1. The Morgan fingerprint density at radius 3 is 2.77 bits per heavy atom. The molecule has 0 amide bonds. The van der Waals surface area contributed by atoms with Gasteiger partial charge in [-0.05, 0) is 18.6 Å². The van der Waals surface area contributed by atoms with Crippen LogP contribution in [0.5, 0.6) is 0 Å². The first-order valence-corrected chi connectivity index (χ1v) is 3.96. The number of rotatable bonds is 3. The summed E-state index contributed by atoms with van der Waals surface area (Å²) in [7, 11) is 0. The van der Waals surface area contributed by atoms with E-state index in [9.17, 15) is 8.78 Å². The fourth-order valence-electron chi connectivity index (χ4n) is 0.993. The molecular weight excluding hydrogens is 172 g/mol. The van der Waals surface area contributed by atoms with Crippen LogP contribution in [-0.4, -0.2) is 6.54 Å². The fourth-order valence-corrected chi connectivity index (χ4v) is 0.993. The molecule has 0 fully saturated rings. The molecule has 0 aliphatic heterocycles. The van der Waals surface area contributed by atoms with E-state index in [2.05, 4.69) is 11.9 Å². The van der Waals surface area contributed by atoms with Crippen LogP contribution in [0.2, 0.25) is 0 Å². The smallest absolute Gasteiger partial charge is 0.152 e. The van der Waals surface area contributed by atoms with Gasteiger partial charge in [0.2, 0.25) is 0 Å². The Bertz CT molecular complexity index is 321. The zero-order chi connectivity index (χ0) is 9.84. The molecular formula is C10H11F2N. The number of anilines is 1. The second kappa shape index (κ2) is 4.03. The predicted octanol–water partition coefficient (Wildman–Crippen LogP) is 2.87. The summed E-state index contributed by atoms with van der Waals surface area (Å²) < 4.78 is 26.3.